The Bertz CT molecular complexity index is 663. The normalized spacial score (nSPS) is 18.7. The standard InChI is InChI=1S/C19H26N6/c1-2-7-20-17(5-1)6-10-23-11-13-25(14-12-23)19-15-18(21-16-22-19)24-8-3-4-9-24/h1-2,5,7,15-16H,3-4,6,8-14H2. The van der Waals surface area contributed by atoms with Gasteiger partial charge in [-0.1, -0.05) is 6.07 Å². The van der Waals surface area contributed by atoms with Gasteiger partial charge in [0.1, 0.15) is 18.0 Å². The summed E-state index contributed by atoms with van der Waals surface area (Å²) in [5.41, 5.74) is 1.18. The lowest BCUT2D eigenvalue weighted by atomic mass is 10.2. The van der Waals surface area contributed by atoms with Crippen LogP contribution in [0.25, 0.3) is 0 Å². The van der Waals surface area contributed by atoms with E-state index in [2.05, 4.69) is 47.9 Å². The number of nitrogens with zero attached hydrogens (tertiary/aromatic N) is 6. The van der Waals surface area contributed by atoms with Gasteiger partial charge in [-0.2, -0.15) is 0 Å². The second-order valence-electron chi connectivity index (χ2n) is 6.83. The summed E-state index contributed by atoms with van der Waals surface area (Å²) in [6.07, 6.45) is 7.16. The molecule has 25 heavy (non-hydrogen) atoms. The molecule has 2 aliphatic heterocycles. The van der Waals surface area contributed by atoms with Gasteiger partial charge in [-0.25, -0.2) is 9.97 Å². The molecule has 4 rings (SSSR count). The molecule has 6 nitrogen and oxygen atoms in total. The van der Waals surface area contributed by atoms with Gasteiger partial charge in [0.05, 0.1) is 0 Å². The molecule has 0 spiro atoms. The minimum atomic E-state index is 1.02. The Labute approximate surface area is 149 Å². The first-order valence-corrected chi connectivity index (χ1v) is 9.33. The van der Waals surface area contributed by atoms with Gasteiger partial charge in [0.15, 0.2) is 0 Å². The zero-order chi connectivity index (χ0) is 16.9. The summed E-state index contributed by atoms with van der Waals surface area (Å²) < 4.78 is 0. The molecular weight excluding hydrogens is 312 g/mol. The van der Waals surface area contributed by atoms with Crippen molar-refractivity contribution in [2.45, 2.75) is 19.3 Å². The van der Waals surface area contributed by atoms with Crippen LogP contribution < -0.4 is 9.80 Å². The maximum atomic E-state index is 4.51. The number of rotatable bonds is 5. The first-order valence-electron chi connectivity index (χ1n) is 9.33. The van der Waals surface area contributed by atoms with Crippen molar-refractivity contribution in [2.24, 2.45) is 0 Å². The highest BCUT2D eigenvalue weighted by Gasteiger charge is 2.20. The molecule has 0 N–H and O–H groups in total. The highest BCUT2D eigenvalue weighted by Crippen LogP contribution is 2.22. The Morgan fingerprint density at radius 2 is 1.52 bits per heavy atom. The van der Waals surface area contributed by atoms with E-state index in [1.807, 2.05) is 12.3 Å². The van der Waals surface area contributed by atoms with Crippen molar-refractivity contribution in [3.05, 3.63) is 42.5 Å². The molecule has 2 fully saturated rings. The Balaban J connectivity index is 1.30. The van der Waals surface area contributed by atoms with Crippen LogP contribution in [0.1, 0.15) is 18.5 Å². The van der Waals surface area contributed by atoms with Gasteiger partial charge in [0.25, 0.3) is 0 Å². The maximum Gasteiger partial charge on any atom is 0.134 e. The summed E-state index contributed by atoms with van der Waals surface area (Å²) in [5, 5.41) is 0. The molecule has 0 radical (unpaired) electrons. The second-order valence-corrected chi connectivity index (χ2v) is 6.83. The molecule has 0 saturated carbocycles. The topological polar surface area (TPSA) is 48.4 Å². The van der Waals surface area contributed by atoms with Crippen LogP contribution in [0.15, 0.2) is 36.8 Å². The first kappa shape index (κ1) is 16.3. The van der Waals surface area contributed by atoms with E-state index >= 15 is 0 Å². The molecule has 0 aromatic carbocycles. The first-order chi connectivity index (χ1) is 12.4. The van der Waals surface area contributed by atoms with Crippen molar-refractivity contribution in [1.82, 2.24) is 19.9 Å². The third kappa shape index (κ3) is 4.07. The fourth-order valence-corrected chi connectivity index (χ4v) is 3.65. The van der Waals surface area contributed by atoms with E-state index < -0.39 is 0 Å². The summed E-state index contributed by atoms with van der Waals surface area (Å²) in [6.45, 7) is 7.53. The quantitative estimate of drug-likeness (QED) is 0.829. The zero-order valence-corrected chi connectivity index (χ0v) is 14.7. The number of pyridine rings is 1. The summed E-state index contributed by atoms with van der Waals surface area (Å²) in [4.78, 5) is 20.7. The molecule has 4 heterocycles. The molecule has 2 saturated heterocycles. The molecular formula is C19H26N6. The molecule has 0 aliphatic carbocycles. The van der Waals surface area contributed by atoms with Crippen LogP contribution in [-0.4, -0.2) is 65.7 Å². The van der Waals surface area contributed by atoms with Crippen molar-refractivity contribution in [3.63, 3.8) is 0 Å². The zero-order valence-electron chi connectivity index (χ0n) is 14.7. The van der Waals surface area contributed by atoms with Crippen molar-refractivity contribution in [3.8, 4) is 0 Å². The van der Waals surface area contributed by atoms with Gasteiger partial charge in [0.2, 0.25) is 0 Å². The average molecular weight is 338 g/mol. The fourth-order valence-electron chi connectivity index (χ4n) is 3.65. The minimum Gasteiger partial charge on any atom is -0.356 e. The Morgan fingerprint density at radius 3 is 2.20 bits per heavy atom. The van der Waals surface area contributed by atoms with Gasteiger partial charge in [-0.05, 0) is 25.0 Å². The predicted octanol–water partition coefficient (Wildman–Crippen LogP) is 1.84. The summed E-state index contributed by atoms with van der Waals surface area (Å²) >= 11 is 0. The molecule has 0 unspecified atom stereocenters. The molecule has 2 aromatic rings. The molecule has 6 heteroatoms. The lowest BCUT2D eigenvalue weighted by Crippen LogP contribution is -2.47. The van der Waals surface area contributed by atoms with Crippen LogP contribution in [0.4, 0.5) is 11.6 Å². The lowest BCUT2D eigenvalue weighted by molar-refractivity contribution is 0.259. The molecule has 0 bridgehead atoms. The number of anilines is 2. The molecule has 2 aliphatic rings. The third-order valence-corrected chi connectivity index (χ3v) is 5.17. The monoisotopic (exact) mass is 338 g/mol. The third-order valence-electron chi connectivity index (χ3n) is 5.17. The van der Waals surface area contributed by atoms with Crippen molar-refractivity contribution in [1.29, 1.82) is 0 Å². The lowest BCUT2D eigenvalue weighted by Gasteiger charge is -2.35. The van der Waals surface area contributed by atoms with Crippen LogP contribution in [0.2, 0.25) is 0 Å². The second kappa shape index (κ2) is 7.78. The molecule has 2 aromatic heterocycles. The van der Waals surface area contributed by atoms with Gasteiger partial charge < -0.3 is 9.80 Å². The van der Waals surface area contributed by atoms with E-state index in [0.29, 0.717) is 0 Å². The molecule has 0 amide bonds. The summed E-state index contributed by atoms with van der Waals surface area (Å²) in [6, 6.07) is 8.31. The number of aromatic nitrogens is 3. The van der Waals surface area contributed by atoms with Gasteiger partial charge in [0, 0.05) is 70.2 Å². The van der Waals surface area contributed by atoms with Crippen molar-refractivity contribution >= 4 is 11.6 Å². The highest BCUT2D eigenvalue weighted by molar-refractivity contribution is 5.50. The maximum absolute atomic E-state index is 4.51. The van der Waals surface area contributed by atoms with Gasteiger partial charge in [-0.15, -0.1) is 0 Å². The number of piperazine rings is 1. The molecule has 132 valence electrons. The fraction of sp³-hybridized carbons (Fsp3) is 0.526. The Hall–Kier alpha value is -2.21. The van der Waals surface area contributed by atoms with Crippen LogP contribution in [0.3, 0.4) is 0 Å². The van der Waals surface area contributed by atoms with Crippen LogP contribution in [0.5, 0.6) is 0 Å². The predicted molar refractivity (Wildman–Crippen MR) is 100 cm³/mol. The Kier molecular flexibility index (Phi) is 5.06. The largest absolute Gasteiger partial charge is 0.356 e. The van der Waals surface area contributed by atoms with E-state index in [1.165, 1.54) is 18.5 Å². The van der Waals surface area contributed by atoms with E-state index in [9.17, 15) is 0 Å². The van der Waals surface area contributed by atoms with Crippen LogP contribution in [-0.2, 0) is 6.42 Å². The summed E-state index contributed by atoms with van der Waals surface area (Å²) in [5.74, 6) is 2.15. The SMILES string of the molecule is c1ccc(CCN2CCN(c3cc(N4CCCC4)ncn3)CC2)nc1. The van der Waals surface area contributed by atoms with E-state index in [1.54, 1.807) is 6.33 Å². The van der Waals surface area contributed by atoms with Crippen LogP contribution in [0, 0.1) is 0 Å². The number of hydrogen-bond acceptors (Lipinski definition) is 6. The van der Waals surface area contributed by atoms with E-state index in [-0.39, 0.29) is 0 Å². The smallest absolute Gasteiger partial charge is 0.134 e. The van der Waals surface area contributed by atoms with Crippen molar-refractivity contribution in [2.75, 3.05) is 55.6 Å². The van der Waals surface area contributed by atoms with Crippen molar-refractivity contribution < 1.29 is 0 Å². The summed E-state index contributed by atoms with van der Waals surface area (Å²) in [7, 11) is 0. The highest BCUT2D eigenvalue weighted by atomic mass is 15.3. The van der Waals surface area contributed by atoms with Gasteiger partial charge in [-0.3, -0.25) is 9.88 Å². The average Bonchev–Trinajstić information content (AvgIpc) is 3.23. The minimum absolute atomic E-state index is 1.02. The molecule has 0 atom stereocenters. The Morgan fingerprint density at radius 1 is 0.800 bits per heavy atom. The van der Waals surface area contributed by atoms with E-state index in [4.69, 9.17) is 0 Å². The van der Waals surface area contributed by atoms with Gasteiger partial charge >= 0.3 is 0 Å². The van der Waals surface area contributed by atoms with Crippen LogP contribution >= 0.6 is 0 Å². The number of hydrogen-bond donors (Lipinski definition) is 0. The van der Waals surface area contributed by atoms with E-state index in [0.717, 1.165) is 63.9 Å².